The number of nitrogens with zero attached hydrogens (tertiary/aromatic N) is 2. The molecule has 0 aromatic rings. The smallest absolute Gasteiger partial charge is 0.320 e. The lowest BCUT2D eigenvalue weighted by molar-refractivity contribution is 0.160. The standard InChI is InChI=1S/C12H21N3O/c16-12-14-7-6-13-8-11(14)9-15(12)10-4-2-1-3-5-10/h10-11,13H,1-9H2. The lowest BCUT2D eigenvalue weighted by Crippen LogP contribution is -2.50. The molecule has 0 spiro atoms. The van der Waals surface area contributed by atoms with E-state index in [1.807, 2.05) is 0 Å². The molecule has 4 nitrogen and oxygen atoms in total. The molecule has 1 saturated carbocycles. The molecule has 1 unspecified atom stereocenters. The molecule has 3 rings (SSSR count). The van der Waals surface area contributed by atoms with Gasteiger partial charge in [-0.2, -0.15) is 0 Å². The van der Waals surface area contributed by atoms with E-state index < -0.39 is 0 Å². The van der Waals surface area contributed by atoms with Gasteiger partial charge in [0, 0.05) is 32.2 Å². The van der Waals surface area contributed by atoms with Crippen LogP contribution >= 0.6 is 0 Å². The molecule has 1 aliphatic carbocycles. The van der Waals surface area contributed by atoms with Crippen molar-refractivity contribution in [3.05, 3.63) is 0 Å². The van der Waals surface area contributed by atoms with Crippen LogP contribution in [0.4, 0.5) is 4.79 Å². The summed E-state index contributed by atoms with van der Waals surface area (Å²) in [6, 6.07) is 1.27. The van der Waals surface area contributed by atoms with E-state index in [1.54, 1.807) is 0 Å². The van der Waals surface area contributed by atoms with Crippen LogP contribution in [0.1, 0.15) is 32.1 Å². The van der Waals surface area contributed by atoms with Crippen LogP contribution in [0.3, 0.4) is 0 Å². The van der Waals surface area contributed by atoms with E-state index in [-0.39, 0.29) is 0 Å². The fourth-order valence-electron chi connectivity index (χ4n) is 3.34. The van der Waals surface area contributed by atoms with Crippen molar-refractivity contribution >= 4 is 6.03 Å². The Labute approximate surface area is 97.0 Å². The molecule has 0 aromatic carbocycles. The summed E-state index contributed by atoms with van der Waals surface area (Å²) in [5.41, 5.74) is 0. The molecular weight excluding hydrogens is 202 g/mol. The van der Waals surface area contributed by atoms with Gasteiger partial charge >= 0.3 is 6.03 Å². The molecule has 0 bridgehead atoms. The lowest BCUT2D eigenvalue weighted by Gasteiger charge is -2.31. The summed E-state index contributed by atoms with van der Waals surface area (Å²) in [6.45, 7) is 3.79. The molecule has 1 atom stereocenters. The van der Waals surface area contributed by atoms with Crippen molar-refractivity contribution in [2.24, 2.45) is 0 Å². The first-order chi connectivity index (χ1) is 7.86. The van der Waals surface area contributed by atoms with Crippen molar-refractivity contribution in [3.8, 4) is 0 Å². The molecule has 2 aliphatic heterocycles. The summed E-state index contributed by atoms with van der Waals surface area (Å²) in [6.07, 6.45) is 6.40. The molecule has 0 aromatic heterocycles. The predicted molar refractivity (Wildman–Crippen MR) is 62.3 cm³/mol. The van der Waals surface area contributed by atoms with Crippen molar-refractivity contribution < 1.29 is 4.79 Å². The van der Waals surface area contributed by atoms with Gasteiger partial charge in [0.2, 0.25) is 0 Å². The van der Waals surface area contributed by atoms with Gasteiger partial charge in [-0.3, -0.25) is 0 Å². The van der Waals surface area contributed by atoms with Gasteiger partial charge in [0.25, 0.3) is 0 Å². The minimum Gasteiger partial charge on any atom is -0.320 e. The number of nitrogens with one attached hydrogen (secondary N) is 1. The van der Waals surface area contributed by atoms with Gasteiger partial charge < -0.3 is 15.1 Å². The quantitative estimate of drug-likeness (QED) is 0.720. The van der Waals surface area contributed by atoms with E-state index in [1.165, 1.54) is 32.1 Å². The Morgan fingerprint density at radius 1 is 1.06 bits per heavy atom. The number of hydrogen-bond acceptors (Lipinski definition) is 2. The van der Waals surface area contributed by atoms with Crippen molar-refractivity contribution in [1.29, 1.82) is 0 Å². The second-order valence-corrected chi connectivity index (χ2v) is 5.28. The number of amides is 2. The molecule has 4 heteroatoms. The summed E-state index contributed by atoms with van der Waals surface area (Å²) in [5, 5.41) is 3.38. The number of urea groups is 1. The molecule has 3 aliphatic rings. The highest BCUT2D eigenvalue weighted by Crippen LogP contribution is 2.28. The van der Waals surface area contributed by atoms with E-state index >= 15 is 0 Å². The molecular formula is C12H21N3O. The van der Waals surface area contributed by atoms with Crippen LogP contribution in [0.5, 0.6) is 0 Å². The maximum absolute atomic E-state index is 12.3. The Balaban J connectivity index is 1.69. The third kappa shape index (κ3) is 1.69. The number of carbonyl (C=O) groups excluding carboxylic acids is 1. The molecule has 3 fully saturated rings. The van der Waals surface area contributed by atoms with Gasteiger partial charge in [-0.1, -0.05) is 19.3 Å². The molecule has 2 heterocycles. The minimum atomic E-state index is 0.304. The number of hydrogen-bond donors (Lipinski definition) is 1. The zero-order valence-corrected chi connectivity index (χ0v) is 9.82. The maximum Gasteiger partial charge on any atom is 0.320 e. The fraction of sp³-hybridized carbons (Fsp3) is 0.917. The van der Waals surface area contributed by atoms with Crippen LogP contribution in [0.25, 0.3) is 0 Å². The van der Waals surface area contributed by atoms with Gasteiger partial charge in [-0.05, 0) is 12.8 Å². The average Bonchev–Trinajstić information content (AvgIpc) is 2.69. The van der Waals surface area contributed by atoms with E-state index in [9.17, 15) is 4.79 Å². The van der Waals surface area contributed by atoms with Crippen LogP contribution < -0.4 is 5.32 Å². The molecule has 1 N–H and O–H groups in total. The maximum atomic E-state index is 12.3. The Morgan fingerprint density at radius 3 is 2.62 bits per heavy atom. The zero-order chi connectivity index (χ0) is 11.0. The number of fused-ring (bicyclic) bond motifs is 1. The van der Waals surface area contributed by atoms with Crippen LogP contribution in [-0.4, -0.2) is 54.1 Å². The molecule has 2 saturated heterocycles. The van der Waals surface area contributed by atoms with Gasteiger partial charge in [-0.15, -0.1) is 0 Å². The minimum absolute atomic E-state index is 0.304. The van der Waals surface area contributed by atoms with Gasteiger partial charge in [-0.25, -0.2) is 4.79 Å². The van der Waals surface area contributed by atoms with Gasteiger partial charge in [0.15, 0.2) is 0 Å². The van der Waals surface area contributed by atoms with Crippen molar-refractivity contribution in [3.63, 3.8) is 0 Å². The van der Waals surface area contributed by atoms with Crippen molar-refractivity contribution in [2.45, 2.75) is 44.2 Å². The Bertz CT molecular complexity index is 275. The van der Waals surface area contributed by atoms with Crippen LogP contribution in [-0.2, 0) is 0 Å². The SMILES string of the molecule is O=C1N2CCNCC2CN1C1CCCCC1. The number of piperazine rings is 1. The summed E-state index contributed by atoms with van der Waals surface area (Å²) < 4.78 is 0. The second-order valence-electron chi connectivity index (χ2n) is 5.28. The number of rotatable bonds is 1. The summed E-state index contributed by atoms with van der Waals surface area (Å²) in [7, 11) is 0. The first kappa shape index (κ1) is 10.4. The van der Waals surface area contributed by atoms with Crippen LogP contribution in [0, 0.1) is 0 Å². The zero-order valence-electron chi connectivity index (χ0n) is 9.82. The number of carbonyl (C=O) groups is 1. The highest BCUT2D eigenvalue weighted by molar-refractivity contribution is 5.77. The second kappa shape index (κ2) is 4.24. The average molecular weight is 223 g/mol. The third-order valence-electron chi connectivity index (χ3n) is 4.26. The molecule has 0 radical (unpaired) electrons. The highest BCUT2D eigenvalue weighted by Gasteiger charge is 2.41. The van der Waals surface area contributed by atoms with E-state index in [0.29, 0.717) is 18.1 Å². The molecule has 2 amide bonds. The molecule has 16 heavy (non-hydrogen) atoms. The van der Waals surface area contributed by atoms with Crippen LogP contribution in [0.15, 0.2) is 0 Å². The van der Waals surface area contributed by atoms with E-state index in [2.05, 4.69) is 15.1 Å². The van der Waals surface area contributed by atoms with Crippen molar-refractivity contribution in [2.75, 3.05) is 26.2 Å². The fourth-order valence-corrected chi connectivity index (χ4v) is 3.34. The third-order valence-corrected chi connectivity index (χ3v) is 4.26. The van der Waals surface area contributed by atoms with E-state index in [0.717, 1.165) is 26.2 Å². The summed E-state index contributed by atoms with van der Waals surface area (Å²) in [4.78, 5) is 16.5. The van der Waals surface area contributed by atoms with Crippen molar-refractivity contribution in [1.82, 2.24) is 15.1 Å². The predicted octanol–water partition coefficient (Wildman–Crippen LogP) is 1.03. The van der Waals surface area contributed by atoms with Gasteiger partial charge in [0.05, 0.1) is 6.04 Å². The normalized spacial score (nSPS) is 32.0. The van der Waals surface area contributed by atoms with Crippen LogP contribution in [0.2, 0.25) is 0 Å². The largest absolute Gasteiger partial charge is 0.320 e. The first-order valence-corrected chi connectivity index (χ1v) is 6.64. The summed E-state index contributed by atoms with van der Waals surface area (Å²) in [5.74, 6) is 0. The Hall–Kier alpha value is -0.770. The summed E-state index contributed by atoms with van der Waals surface area (Å²) >= 11 is 0. The molecule has 90 valence electrons. The first-order valence-electron chi connectivity index (χ1n) is 6.64. The highest BCUT2D eigenvalue weighted by atomic mass is 16.2. The monoisotopic (exact) mass is 223 g/mol. The Morgan fingerprint density at radius 2 is 1.88 bits per heavy atom. The van der Waals surface area contributed by atoms with E-state index in [4.69, 9.17) is 0 Å². The lowest BCUT2D eigenvalue weighted by atomic mass is 9.94. The van der Waals surface area contributed by atoms with Gasteiger partial charge in [0.1, 0.15) is 0 Å². The Kier molecular flexibility index (Phi) is 2.75. The topological polar surface area (TPSA) is 35.6 Å².